The molecule has 1 atom stereocenters. The lowest BCUT2D eigenvalue weighted by atomic mass is 9.74. The van der Waals surface area contributed by atoms with Gasteiger partial charge in [0.05, 0.1) is 12.7 Å². The van der Waals surface area contributed by atoms with E-state index in [1.807, 2.05) is 0 Å². The molecule has 0 saturated heterocycles. The van der Waals surface area contributed by atoms with Crippen molar-refractivity contribution in [2.24, 2.45) is 5.73 Å². The Labute approximate surface area is 138 Å². The van der Waals surface area contributed by atoms with Crippen molar-refractivity contribution < 1.29 is 24.3 Å². The summed E-state index contributed by atoms with van der Waals surface area (Å²) in [4.78, 5) is 11.8. The zero-order valence-corrected chi connectivity index (χ0v) is 13.2. The summed E-state index contributed by atoms with van der Waals surface area (Å²) in [5.41, 5.74) is 7.68. The van der Waals surface area contributed by atoms with Gasteiger partial charge < -0.3 is 25.3 Å². The number of methoxy groups -OCH3 is 1. The number of aromatic nitrogens is 2. The Morgan fingerprint density at radius 1 is 1.58 bits per heavy atom. The minimum atomic E-state index is -1.20. The van der Waals surface area contributed by atoms with E-state index in [0.717, 1.165) is 5.56 Å². The number of rotatable bonds is 5. The molecule has 4 N–H and O–H groups in total. The molecule has 0 radical (unpaired) electrons. The molecular weight excluding hydrogens is 313 g/mol. The molecule has 126 valence electrons. The van der Waals surface area contributed by atoms with E-state index in [2.05, 4.69) is 5.10 Å². The molecule has 0 amide bonds. The quantitative estimate of drug-likeness (QED) is 0.663. The van der Waals surface area contributed by atoms with Crippen molar-refractivity contribution in [2.45, 2.75) is 25.5 Å². The zero-order chi connectivity index (χ0) is 17.3. The third kappa shape index (κ3) is 3.01. The number of hydrogen-bond acceptors (Lipinski definition) is 6. The van der Waals surface area contributed by atoms with Gasteiger partial charge in [0, 0.05) is 31.8 Å². The lowest BCUT2D eigenvalue weighted by Gasteiger charge is -2.28. The van der Waals surface area contributed by atoms with Gasteiger partial charge in [-0.3, -0.25) is 4.68 Å². The number of nitrogens with zero attached hydrogens (tertiary/aromatic N) is 2. The van der Waals surface area contributed by atoms with Crippen LogP contribution in [0.15, 0.2) is 24.5 Å². The Morgan fingerprint density at radius 2 is 2.38 bits per heavy atom. The first kappa shape index (κ1) is 16.5. The maximum atomic E-state index is 11.8. The van der Waals surface area contributed by atoms with Crippen LogP contribution in [0.5, 0.6) is 5.75 Å². The van der Waals surface area contributed by atoms with Gasteiger partial charge in [0.1, 0.15) is 17.3 Å². The third-order valence-corrected chi connectivity index (χ3v) is 4.07. The van der Waals surface area contributed by atoms with Crippen LogP contribution in [0.2, 0.25) is 0 Å². The van der Waals surface area contributed by atoms with E-state index in [0.29, 0.717) is 24.1 Å². The van der Waals surface area contributed by atoms with Gasteiger partial charge in [0.2, 0.25) is 0 Å². The molecule has 2 heterocycles. The molecule has 0 unspecified atom stereocenters. The Hall–Kier alpha value is -2.36. The molecule has 0 saturated carbocycles. The first-order chi connectivity index (χ1) is 11.5. The Bertz CT molecular complexity index is 764. The maximum Gasteiger partial charge on any atom is 0.554 e. The summed E-state index contributed by atoms with van der Waals surface area (Å²) >= 11 is 0. The summed E-state index contributed by atoms with van der Waals surface area (Å²) in [5, 5.41) is 23.8. The molecule has 9 heteroatoms. The lowest BCUT2D eigenvalue weighted by molar-refractivity contribution is 0.0690. The van der Waals surface area contributed by atoms with E-state index < -0.39 is 19.1 Å². The normalized spacial score (nSPS) is 16.6. The number of fused-ring (bicyclic) bond motifs is 1. The van der Waals surface area contributed by atoms with Gasteiger partial charge in [-0.25, -0.2) is 4.79 Å². The minimum Gasteiger partial charge on any atom is -0.534 e. The average Bonchev–Trinajstić information content (AvgIpc) is 3.01. The molecule has 0 bridgehead atoms. The van der Waals surface area contributed by atoms with Crippen molar-refractivity contribution in [3.8, 4) is 5.75 Å². The van der Waals surface area contributed by atoms with Gasteiger partial charge in [-0.15, -0.1) is 0 Å². The van der Waals surface area contributed by atoms with Crippen molar-refractivity contribution >= 4 is 13.1 Å². The number of ether oxygens (including phenoxy) is 1. The summed E-state index contributed by atoms with van der Waals surface area (Å²) in [7, 11) is 0.269. The SMILES string of the molecule is CO[C@H]1Cc2ccc(Cn3cc(CN)cn3)c(C(=O)O)c2OB1O. The number of aromatic carboxylic acids is 1. The van der Waals surface area contributed by atoms with Gasteiger partial charge in [-0.05, 0) is 11.1 Å². The second-order valence-corrected chi connectivity index (χ2v) is 5.63. The van der Waals surface area contributed by atoms with Gasteiger partial charge in [-0.2, -0.15) is 5.10 Å². The van der Waals surface area contributed by atoms with Crippen molar-refractivity contribution in [2.75, 3.05) is 7.11 Å². The van der Waals surface area contributed by atoms with Crippen LogP contribution in [0, 0.1) is 0 Å². The summed E-state index contributed by atoms with van der Waals surface area (Å²) in [5.74, 6) is -0.928. The van der Waals surface area contributed by atoms with E-state index in [1.54, 1.807) is 29.2 Å². The van der Waals surface area contributed by atoms with Crippen molar-refractivity contribution in [1.82, 2.24) is 9.78 Å². The van der Waals surface area contributed by atoms with Crippen LogP contribution in [0.25, 0.3) is 0 Å². The third-order valence-electron chi connectivity index (χ3n) is 4.07. The molecule has 3 rings (SSSR count). The molecule has 8 nitrogen and oxygen atoms in total. The van der Waals surface area contributed by atoms with Crippen LogP contribution >= 0.6 is 0 Å². The van der Waals surface area contributed by atoms with Gasteiger partial charge in [0.15, 0.2) is 0 Å². The molecule has 24 heavy (non-hydrogen) atoms. The van der Waals surface area contributed by atoms with Crippen LogP contribution in [-0.2, 0) is 24.2 Å². The van der Waals surface area contributed by atoms with Crippen LogP contribution in [0.3, 0.4) is 0 Å². The molecule has 1 aliphatic heterocycles. The zero-order valence-electron chi connectivity index (χ0n) is 13.2. The van der Waals surface area contributed by atoms with Crippen molar-refractivity contribution in [3.05, 3.63) is 46.8 Å². The van der Waals surface area contributed by atoms with E-state index >= 15 is 0 Å². The smallest absolute Gasteiger partial charge is 0.534 e. The molecule has 0 spiro atoms. The van der Waals surface area contributed by atoms with E-state index in [1.165, 1.54) is 7.11 Å². The van der Waals surface area contributed by atoms with Crippen LogP contribution in [-0.4, -0.2) is 46.1 Å². The summed E-state index contributed by atoms with van der Waals surface area (Å²) in [6.45, 7) is 0.631. The minimum absolute atomic E-state index is 0.0332. The standard InChI is InChI=1S/C15H18BN3O5/c1-23-12-4-10-2-3-11(8-19-7-9(5-17)6-18-19)13(15(20)21)14(10)24-16(12)22/h2-3,6-7,12,22H,4-5,8,17H2,1H3,(H,20,21)/t12-/m0/s1. The highest BCUT2D eigenvalue weighted by Crippen LogP contribution is 2.33. The number of nitrogens with two attached hydrogens (primary N) is 1. The maximum absolute atomic E-state index is 11.8. The summed E-state index contributed by atoms with van der Waals surface area (Å²) in [6, 6.07) is 3.01. The predicted octanol–water partition coefficient (Wildman–Crippen LogP) is 0.0579. The number of carbonyl (C=O) groups is 1. The number of benzene rings is 1. The molecule has 1 aromatic carbocycles. The van der Waals surface area contributed by atoms with Crippen LogP contribution in [0.1, 0.15) is 27.0 Å². The molecule has 2 aromatic rings. The number of carboxylic acids is 1. The fourth-order valence-electron chi connectivity index (χ4n) is 2.81. The van der Waals surface area contributed by atoms with E-state index in [-0.39, 0.29) is 17.9 Å². The number of hydrogen-bond donors (Lipinski definition) is 3. The molecule has 0 fully saturated rings. The summed E-state index contributed by atoms with van der Waals surface area (Å²) in [6.07, 6.45) is 3.79. The predicted molar refractivity (Wildman–Crippen MR) is 85.7 cm³/mol. The first-order valence-electron chi connectivity index (χ1n) is 7.50. The largest absolute Gasteiger partial charge is 0.554 e. The Kier molecular flexibility index (Phi) is 4.56. The van der Waals surface area contributed by atoms with Gasteiger partial charge in [-0.1, -0.05) is 12.1 Å². The molecular formula is C15H18BN3O5. The highest BCUT2D eigenvalue weighted by Gasteiger charge is 2.37. The summed E-state index contributed by atoms with van der Waals surface area (Å²) < 4.78 is 12.2. The van der Waals surface area contributed by atoms with Crippen LogP contribution in [0.4, 0.5) is 0 Å². The van der Waals surface area contributed by atoms with Gasteiger partial charge >= 0.3 is 13.1 Å². The Morgan fingerprint density at radius 3 is 3.00 bits per heavy atom. The van der Waals surface area contributed by atoms with E-state index in [4.69, 9.17) is 15.1 Å². The number of carboxylic acid groups (broad SMARTS) is 1. The van der Waals surface area contributed by atoms with Gasteiger partial charge in [0.25, 0.3) is 0 Å². The van der Waals surface area contributed by atoms with Crippen molar-refractivity contribution in [3.63, 3.8) is 0 Å². The highest BCUT2D eigenvalue weighted by atomic mass is 16.6. The highest BCUT2D eigenvalue weighted by molar-refractivity contribution is 6.46. The van der Waals surface area contributed by atoms with Crippen LogP contribution < -0.4 is 10.4 Å². The molecule has 1 aliphatic rings. The average molecular weight is 331 g/mol. The van der Waals surface area contributed by atoms with Crippen molar-refractivity contribution in [1.29, 1.82) is 0 Å². The van der Waals surface area contributed by atoms with E-state index in [9.17, 15) is 14.9 Å². The molecule has 0 aliphatic carbocycles. The fraction of sp³-hybridized carbons (Fsp3) is 0.333. The first-order valence-corrected chi connectivity index (χ1v) is 7.50. The molecule has 1 aromatic heterocycles. The second-order valence-electron chi connectivity index (χ2n) is 5.63. The second kappa shape index (κ2) is 6.64. The fourth-order valence-corrected chi connectivity index (χ4v) is 2.81. The Balaban J connectivity index is 1.99. The topological polar surface area (TPSA) is 120 Å². The monoisotopic (exact) mass is 331 g/mol. The lowest BCUT2D eigenvalue weighted by Crippen LogP contribution is -2.44.